The maximum Gasteiger partial charge on any atom is 0.186 e. The van der Waals surface area contributed by atoms with Crippen molar-refractivity contribution in [3.05, 3.63) is 11.1 Å². The Kier molecular flexibility index (Phi) is 3.31. The van der Waals surface area contributed by atoms with E-state index in [1.165, 1.54) is 0 Å². The van der Waals surface area contributed by atoms with E-state index in [2.05, 4.69) is 16.8 Å². The van der Waals surface area contributed by atoms with E-state index in [1.807, 2.05) is 17.1 Å². The van der Waals surface area contributed by atoms with Gasteiger partial charge in [-0.1, -0.05) is 6.92 Å². The first-order chi connectivity index (χ1) is 7.16. The summed E-state index contributed by atoms with van der Waals surface area (Å²) in [5.41, 5.74) is 0.598. The monoisotopic (exact) mass is 242 g/mol. The first-order valence-electron chi connectivity index (χ1n) is 5.00. The predicted octanol–water partition coefficient (Wildman–Crippen LogP) is 2.29. The Morgan fingerprint density at radius 3 is 3.07 bits per heavy atom. The van der Waals surface area contributed by atoms with Crippen LogP contribution in [0.1, 0.15) is 24.3 Å². The molecule has 2 heterocycles. The largest absolute Gasteiger partial charge is 0.346 e. The number of nitrogens with zero attached hydrogens (tertiary/aromatic N) is 2. The zero-order valence-electron chi connectivity index (χ0n) is 8.90. The Morgan fingerprint density at radius 2 is 2.47 bits per heavy atom. The Morgan fingerprint density at radius 1 is 1.67 bits per heavy atom. The lowest BCUT2D eigenvalue weighted by Crippen LogP contribution is -2.36. The molecule has 1 aliphatic rings. The Hall–Kier alpha value is -0.550. The van der Waals surface area contributed by atoms with Gasteiger partial charge in [0.15, 0.2) is 10.9 Å². The van der Waals surface area contributed by atoms with Gasteiger partial charge in [0.2, 0.25) is 0 Å². The highest BCUT2D eigenvalue weighted by Crippen LogP contribution is 2.26. The molecule has 1 saturated heterocycles. The summed E-state index contributed by atoms with van der Waals surface area (Å²) in [4.78, 5) is 17.8. The molecule has 2 rings (SSSR count). The van der Waals surface area contributed by atoms with Crippen molar-refractivity contribution in [3.8, 4) is 0 Å². The number of carbonyl (C=O) groups excluding carboxylic acids is 1. The first-order valence-corrected chi connectivity index (χ1v) is 6.92. The van der Waals surface area contributed by atoms with Gasteiger partial charge in [-0.05, 0) is 0 Å². The van der Waals surface area contributed by atoms with E-state index in [-0.39, 0.29) is 5.78 Å². The lowest BCUT2D eigenvalue weighted by Gasteiger charge is -2.30. The maximum atomic E-state index is 11.1. The van der Waals surface area contributed by atoms with Crippen LogP contribution in [0, 0.1) is 0 Å². The Bertz CT molecular complexity index is 364. The van der Waals surface area contributed by atoms with E-state index in [9.17, 15) is 4.79 Å². The van der Waals surface area contributed by atoms with Gasteiger partial charge in [0.25, 0.3) is 0 Å². The molecule has 1 aromatic rings. The molecule has 0 radical (unpaired) electrons. The summed E-state index contributed by atoms with van der Waals surface area (Å²) in [6, 6.07) is 0. The van der Waals surface area contributed by atoms with Crippen molar-refractivity contribution in [2.45, 2.75) is 19.1 Å². The summed E-state index contributed by atoms with van der Waals surface area (Å²) >= 11 is 3.57. The average Bonchev–Trinajstić information content (AvgIpc) is 2.66. The highest BCUT2D eigenvalue weighted by Gasteiger charge is 2.19. The fraction of sp³-hybridized carbons (Fsp3) is 0.600. The lowest BCUT2D eigenvalue weighted by atomic mass is 10.3. The molecule has 1 fully saturated rings. The van der Waals surface area contributed by atoms with E-state index in [0.717, 1.165) is 24.0 Å². The quantitative estimate of drug-likeness (QED) is 0.745. The third kappa shape index (κ3) is 2.52. The van der Waals surface area contributed by atoms with Crippen molar-refractivity contribution in [3.63, 3.8) is 0 Å². The molecule has 0 bridgehead atoms. The highest BCUT2D eigenvalue weighted by atomic mass is 32.2. The SMILES string of the molecule is CC(=O)c1csc(N2CCSC(C)C2)n1. The number of hydrogen-bond acceptors (Lipinski definition) is 5. The van der Waals surface area contributed by atoms with E-state index < -0.39 is 0 Å². The zero-order chi connectivity index (χ0) is 10.8. The average molecular weight is 242 g/mol. The summed E-state index contributed by atoms with van der Waals surface area (Å²) < 4.78 is 0. The fourth-order valence-corrected chi connectivity index (χ4v) is 3.48. The molecule has 82 valence electrons. The predicted molar refractivity (Wildman–Crippen MR) is 66.3 cm³/mol. The second kappa shape index (κ2) is 4.53. The summed E-state index contributed by atoms with van der Waals surface area (Å²) in [7, 11) is 0. The second-order valence-corrected chi connectivity index (χ2v) is 6.08. The highest BCUT2D eigenvalue weighted by molar-refractivity contribution is 8.00. The molecule has 0 spiro atoms. The van der Waals surface area contributed by atoms with Gasteiger partial charge in [0, 0.05) is 36.4 Å². The summed E-state index contributed by atoms with van der Waals surface area (Å²) in [5.74, 6) is 1.20. The van der Waals surface area contributed by atoms with Crippen LogP contribution in [-0.2, 0) is 0 Å². The van der Waals surface area contributed by atoms with E-state index in [4.69, 9.17) is 0 Å². The third-order valence-corrected chi connectivity index (χ3v) is 4.40. The molecule has 0 aromatic carbocycles. The van der Waals surface area contributed by atoms with Crippen molar-refractivity contribution < 1.29 is 4.79 Å². The number of Topliss-reactive ketones (excluding diaryl/α,β-unsaturated/α-hetero) is 1. The smallest absolute Gasteiger partial charge is 0.186 e. The Labute approximate surface area is 97.9 Å². The molecule has 0 saturated carbocycles. The van der Waals surface area contributed by atoms with Gasteiger partial charge in [-0.25, -0.2) is 4.98 Å². The van der Waals surface area contributed by atoms with Crippen molar-refractivity contribution in [2.24, 2.45) is 0 Å². The van der Waals surface area contributed by atoms with Crippen molar-refractivity contribution in [1.82, 2.24) is 4.98 Å². The van der Waals surface area contributed by atoms with Crippen LogP contribution in [0.5, 0.6) is 0 Å². The number of aromatic nitrogens is 1. The van der Waals surface area contributed by atoms with Crippen LogP contribution in [0.15, 0.2) is 5.38 Å². The molecule has 1 aliphatic heterocycles. The molecule has 1 atom stereocenters. The van der Waals surface area contributed by atoms with Gasteiger partial charge >= 0.3 is 0 Å². The lowest BCUT2D eigenvalue weighted by molar-refractivity contribution is 0.101. The van der Waals surface area contributed by atoms with Gasteiger partial charge in [-0.3, -0.25) is 4.79 Å². The number of thioether (sulfide) groups is 1. The topological polar surface area (TPSA) is 33.2 Å². The minimum Gasteiger partial charge on any atom is -0.346 e. The van der Waals surface area contributed by atoms with E-state index >= 15 is 0 Å². The first kappa shape index (κ1) is 11.0. The number of thiazole rings is 1. The normalized spacial score (nSPS) is 21.7. The molecule has 5 heteroatoms. The van der Waals surface area contributed by atoms with E-state index in [1.54, 1.807) is 18.3 Å². The zero-order valence-corrected chi connectivity index (χ0v) is 10.5. The number of carbonyl (C=O) groups is 1. The van der Waals surface area contributed by atoms with Crippen LogP contribution in [0.25, 0.3) is 0 Å². The molecule has 3 nitrogen and oxygen atoms in total. The molecule has 1 unspecified atom stereocenters. The van der Waals surface area contributed by atoms with Crippen LogP contribution < -0.4 is 4.90 Å². The van der Waals surface area contributed by atoms with Crippen LogP contribution in [0.4, 0.5) is 5.13 Å². The molecule has 0 N–H and O–H groups in total. The fourth-order valence-electron chi connectivity index (χ4n) is 1.56. The van der Waals surface area contributed by atoms with Gasteiger partial charge < -0.3 is 4.90 Å². The van der Waals surface area contributed by atoms with E-state index in [0.29, 0.717) is 10.9 Å². The number of rotatable bonds is 2. The van der Waals surface area contributed by atoms with Gasteiger partial charge in [-0.2, -0.15) is 11.8 Å². The number of ketones is 1. The minimum absolute atomic E-state index is 0.0527. The van der Waals surface area contributed by atoms with Gasteiger partial charge in [0.1, 0.15) is 5.69 Å². The molecule has 15 heavy (non-hydrogen) atoms. The number of anilines is 1. The van der Waals surface area contributed by atoms with Crippen LogP contribution >= 0.6 is 23.1 Å². The van der Waals surface area contributed by atoms with Crippen molar-refractivity contribution in [1.29, 1.82) is 0 Å². The summed E-state index contributed by atoms with van der Waals surface area (Å²) in [5, 5.41) is 3.50. The summed E-state index contributed by atoms with van der Waals surface area (Å²) in [6.45, 7) is 5.87. The van der Waals surface area contributed by atoms with Gasteiger partial charge in [0.05, 0.1) is 0 Å². The minimum atomic E-state index is 0.0527. The molecule has 0 aliphatic carbocycles. The van der Waals surface area contributed by atoms with Gasteiger partial charge in [-0.15, -0.1) is 11.3 Å². The molecule has 0 amide bonds. The maximum absolute atomic E-state index is 11.1. The summed E-state index contributed by atoms with van der Waals surface area (Å²) in [6.07, 6.45) is 0. The van der Waals surface area contributed by atoms with Crippen LogP contribution in [-0.4, -0.2) is 34.9 Å². The third-order valence-electron chi connectivity index (χ3n) is 2.36. The Balaban J connectivity index is 2.11. The number of hydrogen-bond donors (Lipinski definition) is 0. The van der Waals surface area contributed by atoms with Crippen LogP contribution in [0.2, 0.25) is 0 Å². The van der Waals surface area contributed by atoms with Crippen molar-refractivity contribution in [2.75, 3.05) is 23.7 Å². The molecular weight excluding hydrogens is 228 g/mol. The standard InChI is InChI=1S/C10H14N2OS2/c1-7-5-12(3-4-14-7)10-11-9(6-15-10)8(2)13/h6-7H,3-5H2,1-2H3. The molecule has 1 aromatic heterocycles. The molecular formula is C10H14N2OS2. The van der Waals surface area contributed by atoms with Crippen molar-refractivity contribution >= 4 is 34.0 Å². The second-order valence-electron chi connectivity index (χ2n) is 3.70. The van der Waals surface area contributed by atoms with Crippen LogP contribution in [0.3, 0.4) is 0 Å².